The Balaban J connectivity index is 1.75. The SMILES string of the molecule is CNC(=O)c1cnc(Oc2ccc3c(c2)CCNCC3)cn1. The van der Waals surface area contributed by atoms with Gasteiger partial charge in [-0.05, 0) is 49.2 Å². The molecule has 3 rings (SSSR count). The zero-order valence-corrected chi connectivity index (χ0v) is 12.4. The lowest BCUT2D eigenvalue weighted by molar-refractivity contribution is 0.0957. The molecule has 0 radical (unpaired) electrons. The minimum atomic E-state index is -0.267. The number of hydrogen-bond acceptors (Lipinski definition) is 5. The smallest absolute Gasteiger partial charge is 0.271 e. The van der Waals surface area contributed by atoms with Crippen LogP contribution in [0.4, 0.5) is 0 Å². The molecule has 6 heteroatoms. The minimum absolute atomic E-state index is 0.267. The van der Waals surface area contributed by atoms with Crippen LogP contribution in [0.5, 0.6) is 11.6 Å². The molecule has 2 aromatic rings. The van der Waals surface area contributed by atoms with Crippen LogP contribution in [0.3, 0.4) is 0 Å². The second kappa shape index (κ2) is 6.53. The molecule has 0 aliphatic carbocycles. The van der Waals surface area contributed by atoms with Gasteiger partial charge in [0.1, 0.15) is 11.4 Å². The number of hydrogen-bond donors (Lipinski definition) is 2. The molecule has 1 amide bonds. The highest BCUT2D eigenvalue weighted by Gasteiger charge is 2.10. The van der Waals surface area contributed by atoms with E-state index in [4.69, 9.17) is 4.74 Å². The number of aromatic nitrogens is 2. The highest BCUT2D eigenvalue weighted by atomic mass is 16.5. The molecule has 22 heavy (non-hydrogen) atoms. The first kappa shape index (κ1) is 14.5. The van der Waals surface area contributed by atoms with E-state index in [2.05, 4.69) is 32.7 Å². The number of benzene rings is 1. The number of carbonyl (C=O) groups excluding carboxylic acids is 1. The molecule has 0 atom stereocenters. The van der Waals surface area contributed by atoms with E-state index in [0.717, 1.165) is 31.7 Å². The van der Waals surface area contributed by atoms with E-state index in [1.165, 1.54) is 23.5 Å². The molecular formula is C16H18N4O2. The van der Waals surface area contributed by atoms with E-state index in [0.29, 0.717) is 5.88 Å². The van der Waals surface area contributed by atoms with Gasteiger partial charge in [-0.15, -0.1) is 0 Å². The molecule has 1 aliphatic heterocycles. The molecule has 0 unspecified atom stereocenters. The van der Waals surface area contributed by atoms with Crippen molar-refractivity contribution < 1.29 is 9.53 Å². The Kier molecular flexibility index (Phi) is 4.29. The second-order valence-corrected chi connectivity index (χ2v) is 5.10. The topological polar surface area (TPSA) is 76.1 Å². The van der Waals surface area contributed by atoms with E-state index < -0.39 is 0 Å². The van der Waals surface area contributed by atoms with Crippen LogP contribution in [-0.2, 0) is 12.8 Å². The van der Waals surface area contributed by atoms with Crippen molar-refractivity contribution in [3.05, 3.63) is 47.4 Å². The molecule has 1 aliphatic rings. The van der Waals surface area contributed by atoms with Crippen LogP contribution in [0, 0.1) is 0 Å². The van der Waals surface area contributed by atoms with E-state index in [1.54, 1.807) is 7.05 Å². The summed E-state index contributed by atoms with van der Waals surface area (Å²) in [5, 5.41) is 5.89. The van der Waals surface area contributed by atoms with Crippen LogP contribution in [-0.4, -0.2) is 36.0 Å². The van der Waals surface area contributed by atoms with Crippen LogP contribution >= 0.6 is 0 Å². The van der Waals surface area contributed by atoms with Gasteiger partial charge in [0, 0.05) is 7.05 Å². The van der Waals surface area contributed by atoms with Crippen LogP contribution in [0.15, 0.2) is 30.6 Å². The number of fused-ring (bicyclic) bond motifs is 1. The summed E-state index contributed by atoms with van der Waals surface area (Å²) in [5.74, 6) is 0.846. The van der Waals surface area contributed by atoms with E-state index in [9.17, 15) is 4.79 Å². The number of rotatable bonds is 3. The van der Waals surface area contributed by atoms with Crippen LogP contribution < -0.4 is 15.4 Å². The van der Waals surface area contributed by atoms with Crippen molar-refractivity contribution in [2.24, 2.45) is 0 Å². The van der Waals surface area contributed by atoms with Crippen molar-refractivity contribution in [1.29, 1.82) is 0 Å². The maximum absolute atomic E-state index is 11.4. The van der Waals surface area contributed by atoms with Gasteiger partial charge in [0.15, 0.2) is 0 Å². The first-order valence-corrected chi connectivity index (χ1v) is 7.31. The molecule has 0 saturated heterocycles. The summed E-state index contributed by atoms with van der Waals surface area (Å²) < 4.78 is 5.73. The second-order valence-electron chi connectivity index (χ2n) is 5.10. The lowest BCUT2D eigenvalue weighted by Gasteiger charge is -2.09. The summed E-state index contributed by atoms with van der Waals surface area (Å²) >= 11 is 0. The summed E-state index contributed by atoms with van der Waals surface area (Å²) in [6.45, 7) is 2.00. The first-order valence-electron chi connectivity index (χ1n) is 7.31. The maximum atomic E-state index is 11.4. The number of nitrogens with zero attached hydrogens (tertiary/aromatic N) is 2. The van der Waals surface area contributed by atoms with Gasteiger partial charge in [-0.25, -0.2) is 9.97 Å². The van der Waals surface area contributed by atoms with Gasteiger partial charge in [-0.1, -0.05) is 6.07 Å². The Labute approximate surface area is 128 Å². The molecule has 1 aromatic carbocycles. The fourth-order valence-corrected chi connectivity index (χ4v) is 2.45. The molecule has 2 N–H and O–H groups in total. The molecule has 0 bridgehead atoms. The van der Waals surface area contributed by atoms with Gasteiger partial charge in [-0.2, -0.15) is 0 Å². The summed E-state index contributed by atoms with van der Waals surface area (Å²) in [6, 6.07) is 6.10. The monoisotopic (exact) mass is 298 g/mol. The summed E-state index contributed by atoms with van der Waals surface area (Å²) in [4.78, 5) is 19.6. The normalized spacial score (nSPS) is 13.9. The van der Waals surface area contributed by atoms with E-state index in [1.807, 2.05) is 6.07 Å². The van der Waals surface area contributed by atoms with Gasteiger partial charge >= 0.3 is 0 Å². The zero-order valence-electron chi connectivity index (χ0n) is 12.4. The van der Waals surface area contributed by atoms with Crippen LogP contribution in [0.25, 0.3) is 0 Å². The minimum Gasteiger partial charge on any atom is -0.437 e. The van der Waals surface area contributed by atoms with Gasteiger partial charge in [0.05, 0.1) is 12.4 Å². The first-order chi connectivity index (χ1) is 10.8. The Morgan fingerprint density at radius 1 is 1.18 bits per heavy atom. The lowest BCUT2D eigenvalue weighted by atomic mass is 10.0. The highest BCUT2D eigenvalue weighted by Crippen LogP contribution is 2.23. The fourth-order valence-electron chi connectivity index (χ4n) is 2.45. The van der Waals surface area contributed by atoms with Crippen LogP contribution in [0.1, 0.15) is 21.6 Å². The van der Waals surface area contributed by atoms with Crippen LogP contribution in [0.2, 0.25) is 0 Å². The number of carbonyl (C=O) groups is 1. The third-order valence-electron chi connectivity index (χ3n) is 3.63. The molecular weight excluding hydrogens is 280 g/mol. The number of nitrogens with one attached hydrogen (secondary N) is 2. The molecule has 114 valence electrons. The fraction of sp³-hybridized carbons (Fsp3) is 0.312. The molecule has 6 nitrogen and oxygen atoms in total. The van der Waals surface area contributed by atoms with Gasteiger partial charge in [0.25, 0.3) is 5.91 Å². The third-order valence-corrected chi connectivity index (χ3v) is 3.63. The Bertz CT molecular complexity index is 670. The van der Waals surface area contributed by atoms with Crippen molar-refractivity contribution in [2.75, 3.05) is 20.1 Å². The average molecular weight is 298 g/mol. The Morgan fingerprint density at radius 2 is 2.00 bits per heavy atom. The van der Waals surface area contributed by atoms with Crippen molar-refractivity contribution in [2.45, 2.75) is 12.8 Å². The maximum Gasteiger partial charge on any atom is 0.271 e. The highest BCUT2D eigenvalue weighted by molar-refractivity contribution is 5.91. The zero-order chi connectivity index (χ0) is 15.4. The average Bonchev–Trinajstić information content (AvgIpc) is 2.79. The predicted molar refractivity (Wildman–Crippen MR) is 82.2 cm³/mol. The Hall–Kier alpha value is -2.47. The largest absolute Gasteiger partial charge is 0.437 e. The molecule has 2 heterocycles. The standard InChI is InChI=1S/C16H18N4O2/c1-17-16(21)14-9-20-15(10-19-14)22-13-3-2-11-4-6-18-7-5-12(11)8-13/h2-3,8-10,18H,4-7H2,1H3,(H,17,21). The van der Waals surface area contributed by atoms with Crippen molar-refractivity contribution in [1.82, 2.24) is 20.6 Å². The number of amides is 1. The van der Waals surface area contributed by atoms with Crippen molar-refractivity contribution in [3.8, 4) is 11.6 Å². The summed E-state index contributed by atoms with van der Waals surface area (Å²) in [6.07, 6.45) is 4.89. The lowest BCUT2D eigenvalue weighted by Crippen LogP contribution is -2.19. The quantitative estimate of drug-likeness (QED) is 0.893. The van der Waals surface area contributed by atoms with Gasteiger partial charge in [0.2, 0.25) is 5.88 Å². The molecule has 0 saturated carbocycles. The molecule has 0 spiro atoms. The van der Waals surface area contributed by atoms with E-state index >= 15 is 0 Å². The summed E-state index contributed by atoms with van der Waals surface area (Å²) in [7, 11) is 1.55. The predicted octanol–water partition coefficient (Wildman–Crippen LogP) is 1.32. The van der Waals surface area contributed by atoms with Crippen molar-refractivity contribution in [3.63, 3.8) is 0 Å². The van der Waals surface area contributed by atoms with Gasteiger partial charge < -0.3 is 15.4 Å². The van der Waals surface area contributed by atoms with E-state index in [-0.39, 0.29) is 11.6 Å². The Morgan fingerprint density at radius 3 is 2.73 bits per heavy atom. The van der Waals surface area contributed by atoms with Gasteiger partial charge in [-0.3, -0.25) is 4.79 Å². The number of ether oxygens (including phenoxy) is 1. The summed E-state index contributed by atoms with van der Waals surface area (Å²) in [5.41, 5.74) is 2.93. The third kappa shape index (κ3) is 3.23. The molecule has 1 aromatic heterocycles. The molecule has 0 fully saturated rings. The van der Waals surface area contributed by atoms with Crippen molar-refractivity contribution >= 4 is 5.91 Å².